The van der Waals surface area contributed by atoms with Gasteiger partial charge >= 0.3 is 0 Å². The van der Waals surface area contributed by atoms with Gasteiger partial charge in [-0.05, 0) is 30.7 Å². The van der Waals surface area contributed by atoms with Crippen molar-refractivity contribution in [1.82, 2.24) is 5.32 Å². The van der Waals surface area contributed by atoms with Crippen molar-refractivity contribution in [3.8, 4) is 0 Å². The summed E-state index contributed by atoms with van der Waals surface area (Å²) in [5.74, 6) is 1.12. The fraction of sp³-hybridized carbons (Fsp3) is 0.571. The van der Waals surface area contributed by atoms with E-state index in [4.69, 9.17) is 11.6 Å². The van der Waals surface area contributed by atoms with E-state index in [1.165, 1.54) is 12.0 Å². The second-order valence-electron chi connectivity index (χ2n) is 4.21. The first-order valence-corrected chi connectivity index (χ1v) is 7.70. The maximum atomic E-state index is 5.92. The smallest absolute Gasteiger partial charge is 0.0411 e. The number of halogens is 1. The zero-order valence-electron chi connectivity index (χ0n) is 10.9. The molecule has 0 amide bonds. The van der Waals surface area contributed by atoms with Gasteiger partial charge < -0.3 is 5.32 Å². The van der Waals surface area contributed by atoms with Crippen LogP contribution in [-0.2, 0) is 0 Å². The van der Waals surface area contributed by atoms with Gasteiger partial charge in [0.2, 0.25) is 0 Å². The molecule has 2 unspecified atom stereocenters. The Morgan fingerprint density at radius 3 is 2.41 bits per heavy atom. The molecule has 3 heteroatoms. The monoisotopic (exact) mass is 271 g/mol. The number of thioether (sulfide) groups is 1. The largest absolute Gasteiger partial charge is 0.310 e. The first-order chi connectivity index (χ1) is 8.17. The predicted octanol–water partition coefficient (Wildman–Crippen LogP) is 4.52. The summed E-state index contributed by atoms with van der Waals surface area (Å²) in [5.41, 5.74) is 1.33. The van der Waals surface area contributed by atoms with Gasteiger partial charge in [0, 0.05) is 22.1 Å². The lowest BCUT2D eigenvalue weighted by molar-refractivity contribution is 0.605. The van der Waals surface area contributed by atoms with E-state index < -0.39 is 0 Å². The standard InChI is InChI=1S/C14H22ClNS/c1-4-11(3)17-10-14(16-5-2)12-6-8-13(15)9-7-12/h6-9,11,14,16H,4-5,10H2,1-3H3. The summed E-state index contributed by atoms with van der Waals surface area (Å²) < 4.78 is 0. The molecule has 0 aliphatic carbocycles. The van der Waals surface area contributed by atoms with Crippen LogP contribution in [0.5, 0.6) is 0 Å². The molecule has 2 atom stereocenters. The second-order valence-corrected chi connectivity index (χ2v) is 6.12. The predicted molar refractivity (Wildman–Crippen MR) is 80.1 cm³/mol. The summed E-state index contributed by atoms with van der Waals surface area (Å²) in [4.78, 5) is 0. The maximum Gasteiger partial charge on any atom is 0.0411 e. The number of benzene rings is 1. The number of nitrogens with one attached hydrogen (secondary N) is 1. The Morgan fingerprint density at radius 2 is 1.88 bits per heavy atom. The molecule has 0 fully saturated rings. The van der Waals surface area contributed by atoms with Gasteiger partial charge in [0.05, 0.1) is 0 Å². The third kappa shape index (κ3) is 5.33. The van der Waals surface area contributed by atoms with E-state index in [0.717, 1.165) is 22.6 Å². The lowest BCUT2D eigenvalue weighted by Crippen LogP contribution is -2.23. The quantitative estimate of drug-likeness (QED) is 0.782. The summed E-state index contributed by atoms with van der Waals surface area (Å²) in [6.07, 6.45) is 1.23. The van der Waals surface area contributed by atoms with Crippen LogP contribution in [-0.4, -0.2) is 17.5 Å². The van der Waals surface area contributed by atoms with Crippen LogP contribution in [0.3, 0.4) is 0 Å². The van der Waals surface area contributed by atoms with Crippen LogP contribution in [0.2, 0.25) is 5.02 Å². The molecule has 0 radical (unpaired) electrons. The molecular formula is C14H22ClNS. The fourth-order valence-corrected chi connectivity index (χ4v) is 2.79. The van der Waals surface area contributed by atoms with E-state index >= 15 is 0 Å². The Kier molecular flexibility index (Phi) is 7.02. The van der Waals surface area contributed by atoms with Gasteiger partial charge in [0.15, 0.2) is 0 Å². The molecule has 0 aliphatic rings. The van der Waals surface area contributed by atoms with E-state index in [2.05, 4.69) is 38.2 Å². The highest BCUT2D eigenvalue weighted by Gasteiger charge is 2.11. The number of hydrogen-bond acceptors (Lipinski definition) is 2. The molecule has 0 spiro atoms. The fourth-order valence-electron chi connectivity index (χ4n) is 1.59. The van der Waals surface area contributed by atoms with Gasteiger partial charge in [-0.3, -0.25) is 0 Å². The van der Waals surface area contributed by atoms with Crippen LogP contribution < -0.4 is 5.32 Å². The third-order valence-electron chi connectivity index (χ3n) is 2.85. The second kappa shape index (κ2) is 8.02. The van der Waals surface area contributed by atoms with Gasteiger partial charge in [0.1, 0.15) is 0 Å². The van der Waals surface area contributed by atoms with Gasteiger partial charge in [-0.25, -0.2) is 0 Å². The van der Waals surface area contributed by atoms with Crippen molar-refractivity contribution in [3.63, 3.8) is 0 Å². The molecular weight excluding hydrogens is 250 g/mol. The van der Waals surface area contributed by atoms with Crippen LogP contribution >= 0.6 is 23.4 Å². The topological polar surface area (TPSA) is 12.0 Å². The minimum Gasteiger partial charge on any atom is -0.310 e. The number of rotatable bonds is 7. The van der Waals surface area contributed by atoms with Crippen molar-refractivity contribution >= 4 is 23.4 Å². The van der Waals surface area contributed by atoms with Gasteiger partial charge in [-0.2, -0.15) is 11.8 Å². The van der Waals surface area contributed by atoms with Crippen LogP contribution in [0.15, 0.2) is 24.3 Å². The van der Waals surface area contributed by atoms with Crippen LogP contribution in [0.1, 0.15) is 38.8 Å². The molecule has 1 rings (SSSR count). The Hall–Kier alpha value is -0.180. The maximum absolute atomic E-state index is 5.92. The summed E-state index contributed by atoms with van der Waals surface area (Å²) in [7, 11) is 0. The molecule has 96 valence electrons. The summed E-state index contributed by atoms with van der Waals surface area (Å²) in [6, 6.07) is 8.60. The van der Waals surface area contributed by atoms with Crippen molar-refractivity contribution in [1.29, 1.82) is 0 Å². The first kappa shape index (κ1) is 14.9. The Balaban J connectivity index is 2.61. The average Bonchev–Trinajstić information content (AvgIpc) is 2.35. The lowest BCUT2D eigenvalue weighted by Gasteiger charge is -2.20. The van der Waals surface area contributed by atoms with Crippen molar-refractivity contribution < 1.29 is 0 Å². The summed E-state index contributed by atoms with van der Waals surface area (Å²) >= 11 is 7.95. The summed E-state index contributed by atoms with van der Waals surface area (Å²) in [5, 5.41) is 5.06. The number of hydrogen-bond donors (Lipinski definition) is 1. The van der Waals surface area contributed by atoms with Gasteiger partial charge in [-0.1, -0.05) is 44.5 Å². The third-order valence-corrected chi connectivity index (χ3v) is 4.53. The summed E-state index contributed by atoms with van der Waals surface area (Å²) in [6.45, 7) is 7.67. The first-order valence-electron chi connectivity index (χ1n) is 6.27. The molecule has 1 N–H and O–H groups in total. The van der Waals surface area contributed by atoms with E-state index in [1.807, 2.05) is 23.9 Å². The molecule has 1 nitrogen and oxygen atoms in total. The Morgan fingerprint density at radius 1 is 1.24 bits per heavy atom. The molecule has 0 saturated heterocycles. The van der Waals surface area contributed by atoms with Crippen molar-refractivity contribution in [3.05, 3.63) is 34.9 Å². The van der Waals surface area contributed by atoms with E-state index in [0.29, 0.717) is 6.04 Å². The van der Waals surface area contributed by atoms with Crippen LogP contribution in [0.25, 0.3) is 0 Å². The molecule has 1 aromatic rings. The van der Waals surface area contributed by atoms with Crippen molar-refractivity contribution in [2.45, 2.75) is 38.5 Å². The minimum absolute atomic E-state index is 0.427. The average molecular weight is 272 g/mol. The van der Waals surface area contributed by atoms with E-state index in [-0.39, 0.29) is 0 Å². The molecule has 0 bridgehead atoms. The minimum atomic E-state index is 0.427. The van der Waals surface area contributed by atoms with Crippen molar-refractivity contribution in [2.75, 3.05) is 12.3 Å². The lowest BCUT2D eigenvalue weighted by atomic mass is 10.1. The normalized spacial score (nSPS) is 14.6. The molecule has 0 aliphatic heterocycles. The molecule has 0 saturated carbocycles. The molecule has 1 aromatic carbocycles. The molecule has 0 heterocycles. The molecule has 0 aromatic heterocycles. The highest BCUT2D eigenvalue weighted by Crippen LogP contribution is 2.23. The SMILES string of the molecule is CCNC(CSC(C)CC)c1ccc(Cl)cc1. The van der Waals surface area contributed by atoms with E-state index in [9.17, 15) is 0 Å². The molecule has 17 heavy (non-hydrogen) atoms. The van der Waals surface area contributed by atoms with Crippen molar-refractivity contribution in [2.24, 2.45) is 0 Å². The highest BCUT2D eigenvalue weighted by molar-refractivity contribution is 7.99. The van der Waals surface area contributed by atoms with Gasteiger partial charge in [-0.15, -0.1) is 0 Å². The zero-order chi connectivity index (χ0) is 12.7. The van der Waals surface area contributed by atoms with E-state index in [1.54, 1.807) is 0 Å². The van der Waals surface area contributed by atoms with Crippen LogP contribution in [0, 0.1) is 0 Å². The zero-order valence-corrected chi connectivity index (χ0v) is 12.4. The van der Waals surface area contributed by atoms with Gasteiger partial charge in [0.25, 0.3) is 0 Å². The Labute approximate surface area is 114 Å². The Bertz CT molecular complexity index is 313. The van der Waals surface area contributed by atoms with Crippen LogP contribution in [0.4, 0.5) is 0 Å². The highest BCUT2D eigenvalue weighted by atomic mass is 35.5.